The van der Waals surface area contributed by atoms with Crippen LogP contribution in [0.1, 0.15) is 42.3 Å². The van der Waals surface area contributed by atoms with Gasteiger partial charge in [-0.15, -0.1) is 0 Å². The number of nitrogens with zero attached hydrogens (tertiary/aromatic N) is 5. The molecule has 0 N–H and O–H groups in total. The number of fused-ring (bicyclic) bond motifs is 2. The van der Waals surface area contributed by atoms with Crippen molar-refractivity contribution < 1.29 is 28.1 Å². The molecule has 1 aliphatic heterocycles. The maximum Gasteiger partial charge on any atom is 0.226 e. The van der Waals surface area contributed by atoms with Gasteiger partial charge in [-0.2, -0.15) is 5.10 Å². The summed E-state index contributed by atoms with van der Waals surface area (Å²) in [6.45, 7) is 28.8. The van der Waals surface area contributed by atoms with Crippen LogP contribution in [0.5, 0.6) is 5.75 Å². The van der Waals surface area contributed by atoms with Crippen LogP contribution in [0.25, 0.3) is 33.5 Å². The number of carbonyl (C=O) groups is 1. The van der Waals surface area contributed by atoms with Crippen molar-refractivity contribution in [2.75, 3.05) is 26.6 Å². The lowest BCUT2D eigenvalue weighted by Crippen LogP contribution is -2.28. The second-order valence-corrected chi connectivity index (χ2v) is 36.6. The van der Waals surface area contributed by atoms with Crippen molar-refractivity contribution in [1.29, 1.82) is 0 Å². The molecule has 10 nitrogen and oxygen atoms in total. The Labute approximate surface area is 342 Å². The molecule has 1 aliphatic carbocycles. The number of rotatable bonds is 20. The average Bonchev–Trinajstić information content (AvgIpc) is 3.66. The van der Waals surface area contributed by atoms with E-state index in [9.17, 15) is 4.79 Å². The van der Waals surface area contributed by atoms with Crippen molar-refractivity contribution in [3.05, 3.63) is 52.6 Å². The zero-order chi connectivity index (χ0) is 41.3. The van der Waals surface area contributed by atoms with E-state index in [1.54, 1.807) is 6.07 Å². The van der Waals surface area contributed by atoms with Gasteiger partial charge in [-0.05, 0) is 84.8 Å². The van der Waals surface area contributed by atoms with Gasteiger partial charge in [0.1, 0.15) is 19.2 Å². The average molecular weight is 836 g/mol. The van der Waals surface area contributed by atoms with Crippen LogP contribution < -0.4 is 4.74 Å². The molecule has 6 rings (SSSR count). The van der Waals surface area contributed by atoms with E-state index < -0.39 is 30.0 Å². The highest BCUT2D eigenvalue weighted by atomic mass is 28.3. The summed E-state index contributed by atoms with van der Waals surface area (Å²) < 4.78 is 44.1. The molecule has 0 atom stereocenters. The molecule has 0 spiro atoms. The van der Waals surface area contributed by atoms with Gasteiger partial charge < -0.3 is 28.4 Å². The lowest BCUT2D eigenvalue weighted by molar-refractivity contribution is -0.133. The van der Waals surface area contributed by atoms with Crippen LogP contribution in [0.2, 0.25) is 77.1 Å². The van der Waals surface area contributed by atoms with E-state index in [2.05, 4.69) is 89.5 Å². The number of aromatic nitrogens is 4. The van der Waals surface area contributed by atoms with Crippen LogP contribution in [-0.2, 0) is 52.0 Å². The Bertz CT molecular complexity index is 2060. The zero-order valence-corrected chi connectivity index (χ0v) is 39.4. The second-order valence-electron chi connectivity index (χ2n) is 19.7. The first kappa shape index (κ1) is 43.4. The van der Waals surface area contributed by atoms with Gasteiger partial charge in [0.05, 0.1) is 30.0 Å². The maximum atomic E-state index is 15.8. The van der Waals surface area contributed by atoms with Crippen LogP contribution in [-0.4, -0.2) is 81.0 Å². The van der Waals surface area contributed by atoms with E-state index in [4.69, 9.17) is 29.0 Å². The molecule has 312 valence electrons. The summed E-state index contributed by atoms with van der Waals surface area (Å²) in [6, 6.07) is 10.8. The highest BCUT2D eigenvalue weighted by Gasteiger charge is 2.38. The summed E-state index contributed by atoms with van der Waals surface area (Å²) in [6.07, 6.45) is 2.65. The Morgan fingerprint density at radius 2 is 1.47 bits per heavy atom. The largest absolute Gasteiger partial charge is 0.464 e. The summed E-state index contributed by atoms with van der Waals surface area (Å²) in [4.78, 5) is 20.3. The summed E-state index contributed by atoms with van der Waals surface area (Å²) in [7, 11) is -3.85. The summed E-state index contributed by atoms with van der Waals surface area (Å²) >= 11 is 0. The number of hydrogen-bond donors (Lipinski definition) is 0. The number of imidazole rings is 1. The minimum Gasteiger partial charge on any atom is -0.464 e. The SMILES string of the molecule is CCc1cc(OCOCC[Si](C)(C)C)c(F)cc1-c1cc(C)c2c(-c3nc4c(n3COCC[Si](C)(C)C)CN(C(=O)C3CC3)C4)nn(COCC[Si](C)(C)C)c2c1. The van der Waals surface area contributed by atoms with Gasteiger partial charge in [-0.25, -0.2) is 14.1 Å². The van der Waals surface area contributed by atoms with Crippen molar-refractivity contribution in [2.45, 2.75) is 137 Å². The third-order valence-corrected chi connectivity index (χ3v) is 16.0. The van der Waals surface area contributed by atoms with E-state index in [-0.39, 0.29) is 31.1 Å². The highest BCUT2D eigenvalue weighted by Crippen LogP contribution is 2.40. The fraction of sp³-hybridized carbons (Fsp3) is 0.605. The summed E-state index contributed by atoms with van der Waals surface area (Å²) in [5.74, 6) is 0.896. The molecule has 0 saturated heterocycles. The van der Waals surface area contributed by atoms with Crippen LogP contribution >= 0.6 is 0 Å². The Balaban J connectivity index is 1.37. The van der Waals surface area contributed by atoms with E-state index in [0.29, 0.717) is 46.1 Å². The molecule has 4 aromatic rings. The van der Waals surface area contributed by atoms with Crippen LogP contribution in [0, 0.1) is 18.7 Å². The Kier molecular flexibility index (Phi) is 13.4. The number of amides is 1. The molecular formula is C43H66FN5O5Si3. The van der Waals surface area contributed by atoms with Gasteiger partial charge >= 0.3 is 0 Å². The molecule has 1 amide bonds. The molecule has 57 heavy (non-hydrogen) atoms. The number of hydrogen-bond acceptors (Lipinski definition) is 7. The molecule has 2 aromatic carbocycles. The Morgan fingerprint density at radius 1 is 0.842 bits per heavy atom. The van der Waals surface area contributed by atoms with E-state index in [1.807, 2.05) is 15.6 Å². The number of ether oxygens (including phenoxy) is 4. The first-order chi connectivity index (χ1) is 26.8. The quantitative estimate of drug-likeness (QED) is 0.0497. The van der Waals surface area contributed by atoms with Crippen LogP contribution in [0.4, 0.5) is 4.39 Å². The predicted octanol–water partition coefficient (Wildman–Crippen LogP) is 10.1. The lowest BCUT2D eigenvalue weighted by atomic mass is 9.94. The predicted molar refractivity (Wildman–Crippen MR) is 235 cm³/mol. The Hall–Kier alpha value is -3.15. The number of carbonyl (C=O) groups excluding carboxylic acids is 1. The normalized spacial score (nSPS) is 14.9. The van der Waals surface area contributed by atoms with Crippen LogP contribution in [0.3, 0.4) is 0 Å². The number of halogens is 1. The fourth-order valence-corrected chi connectivity index (χ4v) is 9.38. The first-order valence-electron chi connectivity index (χ1n) is 20.9. The van der Waals surface area contributed by atoms with Gasteiger partial charge in [0.2, 0.25) is 5.91 Å². The maximum absolute atomic E-state index is 15.8. The van der Waals surface area contributed by atoms with Crippen molar-refractivity contribution in [3.63, 3.8) is 0 Å². The first-order valence-corrected chi connectivity index (χ1v) is 32.0. The topological polar surface area (TPSA) is 92.9 Å². The lowest BCUT2D eigenvalue weighted by Gasteiger charge is -2.18. The minimum absolute atomic E-state index is 0.0199. The molecule has 2 aliphatic rings. The minimum atomic E-state index is -1.31. The van der Waals surface area contributed by atoms with Crippen molar-refractivity contribution >= 4 is 41.0 Å². The van der Waals surface area contributed by atoms with E-state index >= 15 is 4.39 Å². The van der Waals surface area contributed by atoms with Gasteiger partial charge in [-0.3, -0.25) is 4.79 Å². The number of aryl methyl sites for hydroxylation is 2. The van der Waals surface area contributed by atoms with Gasteiger partial charge in [0.15, 0.2) is 24.2 Å². The van der Waals surface area contributed by atoms with Crippen LogP contribution in [0.15, 0.2) is 24.3 Å². The molecule has 14 heteroatoms. The molecule has 3 heterocycles. The molecule has 1 fully saturated rings. The van der Waals surface area contributed by atoms with Gasteiger partial charge in [0, 0.05) is 55.3 Å². The zero-order valence-electron chi connectivity index (χ0n) is 36.4. The molecule has 2 aromatic heterocycles. The van der Waals surface area contributed by atoms with E-state index in [0.717, 1.165) is 87.0 Å². The number of benzene rings is 2. The second kappa shape index (κ2) is 17.6. The van der Waals surface area contributed by atoms with Gasteiger partial charge in [-0.1, -0.05) is 71.9 Å². The van der Waals surface area contributed by atoms with Crippen molar-refractivity contribution in [2.24, 2.45) is 5.92 Å². The third-order valence-electron chi connectivity index (χ3n) is 10.9. The fourth-order valence-electron chi connectivity index (χ4n) is 7.11. The van der Waals surface area contributed by atoms with Crippen molar-refractivity contribution in [3.8, 4) is 28.4 Å². The monoisotopic (exact) mass is 835 g/mol. The van der Waals surface area contributed by atoms with Gasteiger partial charge in [0.25, 0.3) is 0 Å². The molecule has 1 saturated carbocycles. The Morgan fingerprint density at radius 3 is 2.09 bits per heavy atom. The smallest absolute Gasteiger partial charge is 0.226 e. The summed E-state index contributed by atoms with van der Waals surface area (Å²) in [5.41, 5.74) is 7.28. The third kappa shape index (κ3) is 11.1. The summed E-state index contributed by atoms with van der Waals surface area (Å²) in [5, 5.41) is 6.22. The molecule has 0 bridgehead atoms. The molecule has 0 unspecified atom stereocenters. The van der Waals surface area contributed by atoms with E-state index in [1.165, 1.54) is 0 Å². The molecule has 0 radical (unpaired) electrons. The van der Waals surface area contributed by atoms with Crippen molar-refractivity contribution in [1.82, 2.24) is 24.2 Å². The highest BCUT2D eigenvalue weighted by molar-refractivity contribution is 6.76. The standard InChI is InChI=1S/C43H66FN5O5Si3/c1-12-31-23-39(54-29-53-17-20-57(9,10)11)35(44)24-34(31)33-21-30(2)40-37(22-33)49(28-52-16-19-56(6,7)8)46-41(40)42-45-36-25-47(43(50)32-13-14-32)26-38(36)48(42)27-51-15-18-55(3,4)5/h21-24,32H,12-20,25-29H2,1-11H3. The molecular weight excluding hydrogens is 770 g/mol.